The van der Waals surface area contributed by atoms with Crippen LogP contribution in [0.3, 0.4) is 0 Å². The predicted molar refractivity (Wildman–Crippen MR) is 142 cm³/mol. The van der Waals surface area contributed by atoms with Crippen molar-refractivity contribution in [1.82, 2.24) is 0 Å². The zero-order chi connectivity index (χ0) is 26.0. The summed E-state index contributed by atoms with van der Waals surface area (Å²) in [5, 5.41) is 2.13. The molecule has 2 saturated heterocycles. The van der Waals surface area contributed by atoms with Gasteiger partial charge < -0.3 is 23.4 Å². The lowest BCUT2D eigenvalue weighted by Crippen LogP contribution is -2.68. The van der Waals surface area contributed by atoms with Gasteiger partial charge in [-0.2, -0.15) is 0 Å². The number of esters is 1. The van der Waals surface area contributed by atoms with E-state index >= 15 is 0 Å². The van der Waals surface area contributed by atoms with Gasteiger partial charge in [0.25, 0.3) is 8.32 Å². The van der Waals surface area contributed by atoms with E-state index in [2.05, 4.69) is 69.3 Å². The van der Waals surface area contributed by atoms with Crippen molar-refractivity contribution in [2.45, 2.75) is 70.7 Å². The number of hydrogen-bond acceptors (Lipinski definition) is 6. The highest BCUT2D eigenvalue weighted by Crippen LogP contribution is 2.41. The first-order valence-electron chi connectivity index (χ1n) is 12.7. The Bertz CT molecular complexity index is 1020. The predicted octanol–water partition coefficient (Wildman–Crippen LogP) is 3.97. The molecule has 2 heterocycles. The summed E-state index contributed by atoms with van der Waals surface area (Å²) in [6.07, 6.45) is 0.309. The third kappa shape index (κ3) is 5.36. The SMILES string of the molecule is CCOC(=O)/C=C1\[C@@H](O[Si](c2ccccc2)(c2ccccc2)C(C)(C)C)CO[C@@H]1[C@H]1COC(C)(C)O1. The van der Waals surface area contributed by atoms with Gasteiger partial charge in [0.05, 0.1) is 25.9 Å². The van der Waals surface area contributed by atoms with Crippen LogP contribution < -0.4 is 10.4 Å². The zero-order valence-corrected chi connectivity index (χ0v) is 23.2. The van der Waals surface area contributed by atoms with Crippen molar-refractivity contribution >= 4 is 24.7 Å². The van der Waals surface area contributed by atoms with E-state index in [1.54, 1.807) is 13.0 Å². The van der Waals surface area contributed by atoms with Crippen LogP contribution in [0.25, 0.3) is 0 Å². The minimum Gasteiger partial charge on any atom is -0.463 e. The Morgan fingerprint density at radius 1 is 1.03 bits per heavy atom. The van der Waals surface area contributed by atoms with Gasteiger partial charge in [-0.15, -0.1) is 0 Å². The standard InChI is InChI=1S/C29H38O6Si/c1-7-31-26(30)18-23-24(19-32-27(23)25-20-33-29(5,6)34-25)35-36(28(2,3)4,21-14-10-8-11-15-21)22-16-12-9-13-17-22/h8-18,24-25,27H,7,19-20H2,1-6H3/b23-18+/t24-,25+,27-/m0/s1. The monoisotopic (exact) mass is 510 g/mol. The Hall–Kier alpha value is -2.29. The molecule has 2 aliphatic rings. The molecule has 194 valence electrons. The first-order chi connectivity index (χ1) is 17.1. The molecule has 0 aromatic heterocycles. The summed E-state index contributed by atoms with van der Waals surface area (Å²) in [7, 11) is -2.87. The van der Waals surface area contributed by atoms with E-state index < -0.39 is 32.3 Å². The third-order valence-electron chi connectivity index (χ3n) is 6.80. The van der Waals surface area contributed by atoms with Gasteiger partial charge in [0.1, 0.15) is 12.2 Å². The van der Waals surface area contributed by atoms with Crippen molar-refractivity contribution in [3.8, 4) is 0 Å². The summed E-state index contributed by atoms with van der Waals surface area (Å²) in [6, 6.07) is 20.9. The maximum Gasteiger partial charge on any atom is 0.330 e. The van der Waals surface area contributed by atoms with Gasteiger partial charge in [-0.25, -0.2) is 4.79 Å². The normalized spacial score (nSPS) is 25.3. The van der Waals surface area contributed by atoms with Crippen LogP contribution in [0, 0.1) is 0 Å². The van der Waals surface area contributed by atoms with Crippen LogP contribution in [0.4, 0.5) is 0 Å². The fourth-order valence-corrected chi connectivity index (χ4v) is 9.90. The molecule has 0 radical (unpaired) electrons. The number of carbonyl (C=O) groups is 1. The summed E-state index contributed by atoms with van der Waals surface area (Å²) in [5.41, 5.74) is 0.743. The van der Waals surface area contributed by atoms with Gasteiger partial charge in [0.2, 0.25) is 0 Å². The van der Waals surface area contributed by atoms with E-state index in [9.17, 15) is 4.79 Å². The molecule has 0 bridgehead atoms. The van der Waals surface area contributed by atoms with Gasteiger partial charge in [0, 0.05) is 6.08 Å². The lowest BCUT2D eigenvalue weighted by atomic mass is 10.0. The van der Waals surface area contributed by atoms with E-state index in [1.807, 2.05) is 26.0 Å². The Kier molecular flexibility index (Phi) is 7.88. The number of carbonyl (C=O) groups excluding carboxylic acids is 1. The van der Waals surface area contributed by atoms with Crippen LogP contribution >= 0.6 is 0 Å². The molecule has 36 heavy (non-hydrogen) atoms. The Labute approximate surface area is 215 Å². The Morgan fingerprint density at radius 2 is 1.61 bits per heavy atom. The minimum atomic E-state index is -2.87. The highest BCUT2D eigenvalue weighted by atomic mass is 28.4. The lowest BCUT2D eigenvalue weighted by molar-refractivity contribution is -0.149. The maximum atomic E-state index is 12.7. The second-order valence-corrected chi connectivity index (χ2v) is 15.0. The molecule has 0 amide bonds. The summed E-state index contributed by atoms with van der Waals surface area (Å²) in [6.45, 7) is 13.3. The Balaban J connectivity index is 1.79. The van der Waals surface area contributed by atoms with E-state index in [1.165, 1.54) is 10.4 Å². The summed E-state index contributed by atoms with van der Waals surface area (Å²) < 4.78 is 30.8. The molecule has 2 aliphatic heterocycles. The summed E-state index contributed by atoms with van der Waals surface area (Å²) >= 11 is 0. The topological polar surface area (TPSA) is 63.2 Å². The maximum absolute atomic E-state index is 12.7. The van der Waals surface area contributed by atoms with Crippen LogP contribution in [0.5, 0.6) is 0 Å². The smallest absolute Gasteiger partial charge is 0.330 e. The number of ether oxygens (including phenoxy) is 4. The number of hydrogen-bond donors (Lipinski definition) is 0. The van der Waals surface area contributed by atoms with Crippen molar-refractivity contribution in [2.24, 2.45) is 0 Å². The third-order valence-corrected chi connectivity index (χ3v) is 11.8. The van der Waals surface area contributed by atoms with E-state index in [0.717, 1.165) is 5.57 Å². The first kappa shape index (κ1) is 26.8. The molecule has 0 saturated carbocycles. The molecule has 6 nitrogen and oxygen atoms in total. The molecular weight excluding hydrogens is 472 g/mol. The molecule has 7 heteroatoms. The average Bonchev–Trinajstić information content (AvgIpc) is 3.39. The molecule has 4 rings (SSSR count). The van der Waals surface area contributed by atoms with Crippen LogP contribution in [-0.2, 0) is 28.2 Å². The van der Waals surface area contributed by atoms with Crippen LogP contribution in [0.2, 0.25) is 5.04 Å². The summed E-state index contributed by atoms with van der Waals surface area (Å²) in [5.74, 6) is -1.11. The van der Waals surface area contributed by atoms with Crippen molar-refractivity contribution in [3.63, 3.8) is 0 Å². The van der Waals surface area contributed by atoms with Crippen molar-refractivity contribution in [3.05, 3.63) is 72.3 Å². The van der Waals surface area contributed by atoms with Crippen molar-refractivity contribution < 1.29 is 28.2 Å². The largest absolute Gasteiger partial charge is 0.463 e. The van der Waals surface area contributed by atoms with Gasteiger partial charge in [-0.3, -0.25) is 0 Å². The molecule has 0 unspecified atom stereocenters. The molecule has 0 spiro atoms. The van der Waals surface area contributed by atoms with Crippen LogP contribution in [0.15, 0.2) is 72.3 Å². The quantitative estimate of drug-likeness (QED) is 0.319. The highest BCUT2D eigenvalue weighted by Gasteiger charge is 2.54. The van der Waals surface area contributed by atoms with Crippen molar-refractivity contribution in [1.29, 1.82) is 0 Å². The molecule has 2 aromatic rings. The average molecular weight is 511 g/mol. The minimum absolute atomic E-state index is 0.211. The zero-order valence-electron chi connectivity index (χ0n) is 22.2. The fraction of sp³-hybridized carbons (Fsp3) is 0.483. The highest BCUT2D eigenvalue weighted by molar-refractivity contribution is 6.99. The van der Waals surface area contributed by atoms with Crippen LogP contribution in [-0.4, -0.2) is 58.2 Å². The Morgan fingerprint density at radius 3 is 2.08 bits per heavy atom. The van der Waals surface area contributed by atoms with Gasteiger partial charge >= 0.3 is 5.97 Å². The second kappa shape index (κ2) is 10.6. The summed E-state index contributed by atoms with van der Waals surface area (Å²) in [4.78, 5) is 12.7. The number of benzene rings is 2. The van der Waals surface area contributed by atoms with E-state index in [0.29, 0.717) is 19.8 Å². The molecular formula is C29H38O6Si. The molecule has 0 aliphatic carbocycles. The van der Waals surface area contributed by atoms with E-state index in [4.69, 9.17) is 23.4 Å². The number of rotatable bonds is 7. The van der Waals surface area contributed by atoms with Gasteiger partial charge in [-0.05, 0) is 41.8 Å². The van der Waals surface area contributed by atoms with Crippen LogP contribution in [0.1, 0.15) is 41.5 Å². The molecule has 2 fully saturated rings. The van der Waals surface area contributed by atoms with Gasteiger partial charge in [0.15, 0.2) is 5.79 Å². The first-order valence-corrected chi connectivity index (χ1v) is 14.6. The fourth-order valence-electron chi connectivity index (χ4n) is 5.26. The van der Waals surface area contributed by atoms with Gasteiger partial charge in [-0.1, -0.05) is 81.4 Å². The van der Waals surface area contributed by atoms with Crippen molar-refractivity contribution in [2.75, 3.05) is 19.8 Å². The molecule has 2 aromatic carbocycles. The molecule has 0 N–H and O–H groups in total. The molecule has 3 atom stereocenters. The second-order valence-electron chi connectivity index (χ2n) is 10.8. The lowest BCUT2D eigenvalue weighted by Gasteiger charge is -2.44. The van der Waals surface area contributed by atoms with E-state index in [-0.39, 0.29) is 11.1 Å².